The number of nitrogens with zero attached hydrogens (tertiary/aromatic N) is 2. The molecule has 0 aromatic heterocycles. The fourth-order valence-corrected chi connectivity index (χ4v) is 4.15. The van der Waals surface area contributed by atoms with Crippen molar-refractivity contribution in [2.24, 2.45) is 0 Å². The maximum absolute atomic E-state index is 14.3. The molecule has 0 unspecified atom stereocenters. The van der Waals surface area contributed by atoms with Crippen molar-refractivity contribution in [2.75, 3.05) is 33.4 Å². The lowest BCUT2D eigenvalue weighted by Gasteiger charge is -2.44. The van der Waals surface area contributed by atoms with E-state index >= 15 is 0 Å². The molecule has 1 aliphatic carbocycles. The Morgan fingerprint density at radius 1 is 1.25 bits per heavy atom. The zero-order valence-electron chi connectivity index (χ0n) is 14.6. The van der Waals surface area contributed by atoms with Crippen molar-refractivity contribution in [3.05, 3.63) is 29.6 Å². The summed E-state index contributed by atoms with van der Waals surface area (Å²) in [5.41, 5.74) is 0.702. The summed E-state index contributed by atoms with van der Waals surface area (Å²) < 4.78 is 19.3. The van der Waals surface area contributed by atoms with Crippen LogP contribution >= 0.6 is 0 Å². The molecule has 1 aliphatic heterocycles. The van der Waals surface area contributed by atoms with E-state index < -0.39 is 0 Å². The third-order valence-electron chi connectivity index (χ3n) is 5.57. The quantitative estimate of drug-likeness (QED) is 0.866. The van der Waals surface area contributed by atoms with Crippen LogP contribution in [0.3, 0.4) is 0 Å². The standard InChI is InChI=1S/C19H29FN2O2/c1-24-18-7-6-15(19(20)12-18)13-21-9-10-22(14-17(21)8-11-23)16-4-2-3-5-16/h6-7,12,16-17,23H,2-5,8-11,13-14H2,1H3/t17-/m0/s1. The van der Waals surface area contributed by atoms with Crippen molar-refractivity contribution >= 4 is 0 Å². The number of rotatable bonds is 6. The molecule has 1 atom stereocenters. The van der Waals surface area contributed by atoms with Gasteiger partial charge < -0.3 is 9.84 Å². The van der Waals surface area contributed by atoms with Crippen molar-refractivity contribution < 1.29 is 14.2 Å². The van der Waals surface area contributed by atoms with Gasteiger partial charge in [-0.3, -0.25) is 9.80 Å². The number of aliphatic hydroxyl groups is 1. The lowest BCUT2D eigenvalue weighted by Crippen LogP contribution is -2.55. The molecule has 3 rings (SSSR count). The molecule has 2 fully saturated rings. The van der Waals surface area contributed by atoms with Gasteiger partial charge in [0, 0.05) is 56.5 Å². The number of benzene rings is 1. The van der Waals surface area contributed by atoms with E-state index in [9.17, 15) is 9.50 Å². The SMILES string of the molecule is COc1ccc(CN2CCN(C3CCCC3)C[C@@H]2CCO)c(F)c1. The van der Waals surface area contributed by atoms with Gasteiger partial charge in [-0.05, 0) is 25.3 Å². The van der Waals surface area contributed by atoms with Gasteiger partial charge in [-0.1, -0.05) is 18.9 Å². The molecule has 2 aliphatic rings. The Morgan fingerprint density at radius 3 is 2.71 bits per heavy atom. The van der Waals surface area contributed by atoms with Crippen LogP contribution < -0.4 is 4.74 Å². The molecule has 1 heterocycles. The summed E-state index contributed by atoms with van der Waals surface area (Å²) in [4.78, 5) is 4.92. The predicted octanol–water partition coefficient (Wildman–Crippen LogP) is 2.65. The lowest BCUT2D eigenvalue weighted by molar-refractivity contribution is 0.0321. The lowest BCUT2D eigenvalue weighted by atomic mass is 10.0. The number of hydrogen-bond acceptors (Lipinski definition) is 4. The van der Waals surface area contributed by atoms with E-state index in [1.165, 1.54) is 31.7 Å². The summed E-state index contributed by atoms with van der Waals surface area (Å²) in [6.45, 7) is 3.75. The van der Waals surface area contributed by atoms with Crippen molar-refractivity contribution in [1.29, 1.82) is 0 Å². The molecule has 5 heteroatoms. The molecule has 4 nitrogen and oxygen atoms in total. The Balaban J connectivity index is 1.65. The van der Waals surface area contributed by atoms with Crippen LogP contribution in [0.2, 0.25) is 0 Å². The van der Waals surface area contributed by atoms with Crippen LogP contribution in [0.5, 0.6) is 5.75 Å². The highest BCUT2D eigenvalue weighted by Crippen LogP contribution is 2.27. The van der Waals surface area contributed by atoms with E-state index in [0.29, 0.717) is 29.9 Å². The molecule has 1 saturated heterocycles. The minimum atomic E-state index is -0.213. The molecule has 1 saturated carbocycles. The Kier molecular flexibility index (Phi) is 6.09. The van der Waals surface area contributed by atoms with Crippen molar-refractivity contribution in [2.45, 2.75) is 50.7 Å². The van der Waals surface area contributed by atoms with Gasteiger partial charge in [0.05, 0.1) is 7.11 Å². The topological polar surface area (TPSA) is 35.9 Å². The second kappa shape index (κ2) is 8.28. The maximum Gasteiger partial charge on any atom is 0.131 e. The van der Waals surface area contributed by atoms with Gasteiger partial charge in [-0.15, -0.1) is 0 Å². The minimum absolute atomic E-state index is 0.185. The van der Waals surface area contributed by atoms with Crippen molar-refractivity contribution in [3.8, 4) is 5.75 Å². The van der Waals surface area contributed by atoms with Gasteiger partial charge in [-0.25, -0.2) is 4.39 Å². The Hall–Kier alpha value is -1.17. The number of hydrogen-bond donors (Lipinski definition) is 1. The molecule has 0 radical (unpaired) electrons. The van der Waals surface area contributed by atoms with Crippen LogP contribution in [0.4, 0.5) is 4.39 Å². The second-order valence-corrected chi connectivity index (χ2v) is 7.03. The summed E-state index contributed by atoms with van der Waals surface area (Å²) in [5.74, 6) is 0.338. The summed E-state index contributed by atoms with van der Waals surface area (Å²) in [7, 11) is 1.55. The molecular formula is C19H29FN2O2. The highest BCUT2D eigenvalue weighted by molar-refractivity contribution is 5.29. The average molecular weight is 336 g/mol. The summed E-state index contributed by atoms with van der Waals surface area (Å²) in [6, 6.07) is 6.09. The highest BCUT2D eigenvalue weighted by Gasteiger charge is 2.31. The number of ether oxygens (including phenoxy) is 1. The fourth-order valence-electron chi connectivity index (χ4n) is 4.15. The van der Waals surface area contributed by atoms with E-state index in [4.69, 9.17) is 4.74 Å². The summed E-state index contributed by atoms with van der Waals surface area (Å²) in [6.07, 6.45) is 6.04. The number of halogens is 1. The van der Waals surface area contributed by atoms with Crippen molar-refractivity contribution in [1.82, 2.24) is 9.80 Å². The first kappa shape index (κ1) is 17.6. The van der Waals surface area contributed by atoms with Gasteiger partial charge in [0.2, 0.25) is 0 Å². The van der Waals surface area contributed by atoms with E-state index in [2.05, 4.69) is 9.80 Å². The van der Waals surface area contributed by atoms with E-state index in [-0.39, 0.29) is 12.4 Å². The van der Waals surface area contributed by atoms with Crippen LogP contribution in [0, 0.1) is 5.82 Å². The molecule has 1 aromatic carbocycles. The molecule has 0 bridgehead atoms. The van der Waals surface area contributed by atoms with E-state index in [1.54, 1.807) is 7.11 Å². The highest BCUT2D eigenvalue weighted by atomic mass is 19.1. The summed E-state index contributed by atoms with van der Waals surface area (Å²) >= 11 is 0. The summed E-state index contributed by atoms with van der Waals surface area (Å²) in [5, 5.41) is 9.44. The second-order valence-electron chi connectivity index (χ2n) is 7.03. The van der Waals surface area contributed by atoms with Gasteiger partial charge >= 0.3 is 0 Å². The zero-order chi connectivity index (χ0) is 16.9. The smallest absolute Gasteiger partial charge is 0.131 e. The van der Waals surface area contributed by atoms with E-state index in [1.807, 2.05) is 12.1 Å². The third kappa shape index (κ3) is 4.08. The van der Waals surface area contributed by atoms with Gasteiger partial charge in [0.25, 0.3) is 0 Å². The van der Waals surface area contributed by atoms with Gasteiger partial charge in [-0.2, -0.15) is 0 Å². The monoisotopic (exact) mass is 336 g/mol. The van der Waals surface area contributed by atoms with Gasteiger partial charge in [0.1, 0.15) is 11.6 Å². The van der Waals surface area contributed by atoms with Crippen LogP contribution in [-0.4, -0.2) is 60.3 Å². The van der Waals surface area contributed by atoms with Crippen LogP contribution in [0.25, 0.3) is 0 Å². The fraction of sp³-hybridized carbons (Fsp3) is 0.684. The Bertz CT molecular complexity index is 534. The molecule has 1 N–H and O–H groups in total. The van der Waals surface area contributed by atoms with Crippen LogP contribution in [0.1, 0.15) is 37.7 Å². The average Bonchev–Trinajstić information content (AvgIpc) is 3.13. The molecule has 0 spiro atoms. The van der Waals surface area contributed by atoms with Gasteiger partial charge in [0.15, 0.2) is 0 Å². The molecular weight excluding hydrogens is 307 g/mol. The normalized spacial score (nSPS) is 23.7. The first-order valence-electron chi connectivity index (χ1n) is 9.12. The maximum atomic E-state index is 14.3. The van der Waals surface area contributed by atoms with Crippen LogP contribution in [0.15, 0.2) is 18.2 Å². The van der Waals surface area contributed by atoms with Crippen molar-refractivity contribution in [3.63, 3.8) is 0 Å². The Labute approximate surface area is 144 Å². The Morgan fingerprint density at radius 2 is 2.04 bits per heavy atom. The number of aliphatic hydroxyl groups excluding tert-OH is 1. The molecule has 24 heavy (non-hydrogen) atoms. The first-order chi connectivity index (χ1) is 11.7. The largest absolute Gasteiger partial charge is 0.497 e. The zero-order valence-corrected chi connectivity index (χ0v) is 14.6. The third-order valence-corrected chi connectivity index (χ3v) is 5.57. The number of methoxy groups -OCH3 is 1. The number of piperazine rings is 1. The molecule has 134 valence electrons. The van der Waals surface area contributed by atoms with Crippen LogP contribution in [-0.2, 0) is 6.54 Å². The molecule has 0 amide bonds. The minimum Gasteiger partial charge on any atom is -0.497 e. The van der Waals surface area contributed by atoms with E-state index in [0.717, 1.165) is 26.1 Å². The molecule has 1 aromatic rings. The predicted molar refractivity (Wildman–Crippen MR) is 92.7 cm³/mol. The first-order valence-corrected chi connectivity index (χ1v) is 9.12.